The van der Waals surface area contributed by atoms with Crippen molar-refractivity contribution >= 4 is 103 Å². The summed E-state index contributed by atoms with van der Waals surface area (Å²) in [6, 6.07) is 31.7. The lowest BCUT2D eigenvalue weighted by Gasteiger charge is -2.41. The van der Waals surface area contributed by atoms with E-state index in [0.717, 1.165) is 91.0 Å². The number of piperazine rings is 1. The summed E-state index contributed by atoms with van der Waals surface area (Å²) < 4.78 is 94.3. The third-order valence-electron chi connectivity index (χ3n) is 17.5. The Morgan fingerprint density at radius 1 is 0.792 bits per heavy atom. The number of thioether (sulfide) groups is 1. The van der Waals surface area contributed by atoms with Crippen molar-refractivity contribution < 1.29 is 69.3 Å². The van der Waals surface area contributed by atoms with Gasteiger partial charge in [0, 0.05) is 115 Å². The van der Waals surface area contributed by atoms with Crippen molar-refractivity contribution in [1.82, 2.24) is 30.1 Å². The summed E-state index contributed by atoms with van der Waals surface area (Å²) in [5, 5.41) is 12.2. The second-order valence-electron chi connectivity index (χ2n) is 24.4. The van der Waals surface area contributed by atoms with Gasteiger partial charge in [0.25, 0.3) is 27.6 Å². The minimum atomic E-state index is -5.81. The Kier molecular flexibility index (Phi) is 25.0. The van der Waals surface area contributed by atoms with Gasteiger partial charge < -0.3 is 39.8 Å². The number of allylic oxidation sites excluding steroid dienone is 1. The van der Waals surface area contributed by atoms with Gasteiger partial charge in [0.15, 0.2) is 0 Å². The van der Waals surface area contributed by atoms with Gasteiger partial charge in [-0.2, -0.15) is 13.2 Å². The lowest BCUT2D eigenvalue weighted by atomic mass is 9.71. The molecule has 3 fully saturated rings. The Morgan fingerprint density at radius 3 is 2.23 bits per heavy atom. The number of fused-ring (bicyclic) bond motifs is 1. The van der Waals surface area contributed by atoms with Crippen molar-refractivity contribution in [3.05, 3.63) is 148 Å². The van der Waals surface area contributed by atoms with E-state index in [9.17, 15) is 50.4 Å². The summed E-state index contributed by atoms with van der Waals surface area (Å²) in [6.07, 6.45) is 3.07. The molecule has 10 rings (SSSR count). The number of ether oxygens (including phenoxy) is 4. The summed E-state index contributed by atoms with van der Waals surface area (Å²) in [6.45, 7) is 11.1. The SMILES string of the molecule is CC1(CNC(=O)COCCOCCOCCNc2cccc3c2C(=O)N(C2CCC(=O)NC2=O)C3=O)CCC(c2ccc(Cl)cc2)=C(CN2CCN(c3ccc(C(=O)NSc4ccc(N[C@H](CCN5CCOCC5)CSc5ccccc5)c(S(=O)(=O)C(F)(F)F)c4)cc3)CC2)C1. The molecule has 2 unspecified atom stereocenters. The van der Waals surface area contributed by atoms with Crippen LogP contribution in [-0.2, 0) is 43.2 Å². The van der Waals surface area contributed by atoms with Crippen LogP contribution in [0.4, 0.5) is 30.2 Å². The number of anilines is 3. The van der Waals surface area contributed by atoms with Crippen LogP contribution in [0.2, 0.25) is 5.02 Å². The molecule has 3 saturated heterocycles. The number of nitrogens with zero attached hydrogens (tertiary/aromatic N) is 4. The summed E-state index contributed by atoms with van der Waals surface area (Å²) >= 11 is 8.58. The molecule has 21 nitrogen and oxygen atoms in total. The zero-order valence-electron chi connectivity index (χ0n) is 53.2. The number of nitrogens with one attached hydrogen (secondary N) is 5. The van der Waals surface area contributed by atoms with Crippen LogP contribution < -0.4 is 30.9 Å². The molecule has 3 atom stereocenters. The quantitative estimate of drug-likeness (QED) is 0.0120. The molecular formula is C68H79ClF3N9O12S3. The fourth-order valence-electron chi connectivity index (χ4n) is 12.3. The van der Waals surface area contributed by atoms with Crippen LogP contribution >= 0.6 is 35.3 Å². The maximum absolute atomic E-state index is 14.3. The highest BCUT2D eigenvalue weighted by atomic mass is 35.5. The maximum Gasteiger partial charge on any atom is 0.501 e. The van der Waals surface area contributed by atoms with Gasteiger partial charge in [-0.3, -0.25) is 53.5 Å². The molecule has 514 valence electrons. The van der Waals surface area contributed by atoms with Gasteiger partial charge in [-0.05, 0) is 139 Å². The molecule has 0 radical (unpaired) electrons. The number of carbonyl (C=O) groups excluding carboxylic acids is 6. The molecule has 0 saturated carbocycles. The average molecular weight is 1400 g/mol. The summed E-state index contributed by atoms with van der Waals surface area (Å²) in [7, 11) is -5.81. The Hall–Kier alpha value is -7.05. The first-order valence-corrected chi connectivity index (χ1v) is 35.7. The van der Waals surface area contributed by atoms with Crippen LogP contribution in [-0.4, -0.2) is 200 Å². The number of amides is 6. The molecule has 5 aromatic rings. The van der Waals surface area contributed by atoms with Crippen LogP contribution in [0.3, 0.4) is 0 Å². The highest BCUT2D eigenvalue weighted by Gasteiger charge is 2.49. The second-order valence-corrected chi connectivity index (χ2v) is 28.7. The predicted molar refractivity (Wildman–Crippen MR) is 362 cm³/mol. The van der Waals surface area contributed by atoms with E-state index in [1.165, 1.54) is 41.1 Å². The lowest BCUT2D eigenvalue weighted by molar-refractivity contribution is -0.136. The first-order valence-electron chi connectivity index (χ1n) is 32.0. The predicted octanol–water partition coefficient (Wildman–Crippen LogP) is 8.81. The van der Waals surface area contributed by atoms with E-state index in [1.807, 2.05) is 54.6 Å². The van der Waals surface area contributed by atoms with Crippen LogP contribution in [0.1, 0.15) is 82.1 Å². The summed E-state index contributed by atoms with van der Waals surface area (Å²) in [5.41, 5.74) is -0.267. The summed E-state index contributed by atoms with van der Waals surface area (Å²) in [4.78, 5) is 85.2. The van der Waals surface area contributed by atoms with E-state index in [-0.39, 0.29) is 85.5 Å². The van der Waals surface area contributed by atoms with Gasteiger partial charge in [-0.25, -0.2) is 8.42 Å². The average Bonchev–Trinajstić information content (AvgIpc) is 1.59. The van der Waals surface area contributed by atoms with Gasteiger partial charge in [0.2, 0.25) is 17.7 Å². The second kappa shape index (κ2) is 33.5. The number of hydrogen-bond donors (Lipinski definition) is 5. The van der Waals surface area contributed by atoms with E-state index in [0.29, 0.717) is 74.4 Å². The molecule has 4 aliphatic heterocycles. The van der Waals surface area contributed by atoms with E-state index < -0.39 is 61.9 Å². The molecule has 96 heavy (non-hydrogen) atoms. The Bertz CT molecular complexity index is 3720. The Morgan fingerprint density at radius 2 is 1.51 bits per heavy atom. The number of sulfone groups is 1. The number of carbonyl (C=O) groups is 6. The van der Waals surface area contributed by atoms with Crippen LogP contribution in [0.5, 0.6) is 0 Å². The largest absolute Gasteiger partial charge is 0.501 e. The van der Waals surface area contributed by atoms with Gasteiger partial charge in [-0.1, -0.05) is 60.5 Å². The van der Waals surface area contributed by atoms with Crippen LogP contribution in [0, 0.1) is 5.41 Å². The zero-order chi connectivity index (χ0) is 67.8. The number of benzene rings is 5. The summed E-state index contributed by atoms with van der Waals surface area (Å²) in [5.74, 6) is -2.57. The van der Waals surface area contributed by atoms with Crippen molar-refractivity contribution in [2.45, 2.75) is 77.7 Å². The molecule has 0 spiro atoms. The fourth-order valence-corrected chi connectivity index (χ4v) is 15.0. The third kappa shape index (κ3) is 19.0. The molecule has 0 bridgehead atoms. The first-order chi connectivity index (χ1) is 46.2. The highest BCUT2D eigenvalue weighted by molar-refractivity contribution is 7.99. The molecule has 5 aliphatic rings. The number of alkyl halides is 3. The molecule has 1 aliphatic carbocycles. The topological polar surface area (TPSA) is 247 Å². The van der Waals surface area contributed by atoms with Crippen molar-refractivity contribution in [2.24, 2.45) is 5.41 Å². The van der Waals surface area contributed by atoms with E-state index in [4.69, 9.17) is 30.5 Å². The zero-order valence-corrected chi connectivity index (χ0v) is 56.4. The van der Waals surface area contributed by atoms with E-state index >= 15 is 0 Å². The normalized spacial score (nSPS) is 19.3. The maximum atomic E-state index is 14.3. The molecule has 0 aromatic heterocycles. The van der Waals surface area contributed by atoms with Gasteiger partial charge >= 0.3 is 5.51 Å². The first kappa shape index (κ1) is 71.7. The Balaban J connectivity index is 0.648. The van der Waals surface area contributed by atoms with Crippen molar-refractivity contribution in [3.8, 4) is 0 Å². The van der Waals surface area contributed by atoms with E-state index in [1.54, 1.807) is 24.3 Å². The number of rotatable bonds is 31. The molecule has 5 N–H and O–H groups in total. The Labute approximate surface area is 570 Å². The fraction of sp³-hybridized carbons (Fsp3) is 0.441. The number of imide groups is 2. The minimum Gasteiger partial charge on any atom is -0.382 e. The van der Waals surface area contributed by atoms with Crippen molar-refractivity contribution in [1.29, 1.82) is 0 Å². The smallest absolute Gasteiger partial charge is 0.382 e. The van der Waals surface area contributed by atoms with Crippen LogP contribution in [0.25, 0.3) is 5.57 Å². The molecule has 5 aromatic carbocycles. The number of halogens is 4. The van der Waals surface area contributed by atoms with Crippen molar-refractivity contribution in [3.63, 3.8) is 0 Å². The monoisotopic (exact) mass is 1400 g/mol. The standard InChI is InChI=1S/C68H79ClF3N9O12S3/c1-67(45-74-61(83)43-93-39-38-92-37-36-90-33-25-73-57-9-5-8-55-62(57)66(87)81(65(55)86)58-20-21-60(82)76-64(58)85)24-22-54(46-10-14-49(69)15-11-46)48(41-67)42-79-27-29-80(30-28-79)51-16-12-47(13-17-51)63(84)77-95-53-18-19-56(59(40-53)96(88,89)68(70,71)72)75-50(23-26-78-31-34-91-35-32-78)44-94-52-6-3-2-4-7-52/h2-19,40,50,58,73,75H,20-39,41-45H2,1H3,(H,74,83)(H,77,84)(H,76,82,85)/t50-,58?,67?/m1/s1. The third-order valence-corrected chi connectivity index (χ3v) is 21.2. The highest BCUT2D eigenvalue weighted by Crippen LogP contribution is 2.44. The van der Waals surface area contributed by atoms with Gasteiger partial charge in [-0.15, -0.1) is 11.8 Å². The van der Waals surface area contributed by atoms with Crippen LogP contribution in [0.15, 0.2) is 136 Å². The molecule has 4 heterocycles. The lowest BCUT2D eigenvalue weighted by Crippen LogP contribution is -2.54. The minimum absolute atomic E-state index is 0.0318. The molecular weight excluding hydrogens is 1320 g/mol. The molecule has 6 amide bonds. The van der Waals surface area contributed by atoms with Gasteiger partial charge in [0.05, 0.1) is 63.1 Å². The number of hydrogen-bond acceptors (Lipinski definition) is 19. The van der Waals surface area contributed by atoms with Crippen molar-refractivity contribution in [2.75, 3.05) is 140 Å². The molecule has 28 heteroatoms. The number of morpholine rings is 1. The van der Waals surface area contributed by atoms with Gasteiger partial charge in [0.1, 0.15) is 17.5 Å². The van der Waals surface area contributed by atoms with E-state index in [2.05, 4.69) is 59.7 Å². The number of piperidine rings is 1.